The summed E-state index contributed by atoms with van der Waals surface area (Å²) in [6.07, 6.45) is 1.76. The monoisotopic (exact) mass is 241 g/mol. The molecule has 0 aliphatic rings. The van der Waals surface area contributed by atoms with Crippen molar-refractivity contribution in [3.05, 3.63) is 42.1 Å². The van der Waals surface area contributed by atoms with E-state index in [0.29, 0.717) is 5.75 Å². The number of carbonyl (C=O) groups is 1. The Hall–Kier alpha value is -1.79. The second-order valence-corrected chi connectivity index (χ2v) is 4.65. The molecule has 3 heteroatoms. The van der Waals surface area contributed by atoms with Crippen LogP contribution in [0.15, 0.2) is 36.5 Å². The predicted molar refractivity (Wildman–Crippen MR) is 71.8 cm³/mol. The fourth-order valence-corrected chi connectivity index (χ4v) is 1.76. The van der Waals surface area contributed by atoms with Crippen LogP contribution in [0.2, 0.25) is 0 Å². The van der Waals surface area contributed by atoms with Crippen LogP contribution in [0.25, 0.3) is 10.9 Å². The summed E-state index contributed by atoms with van der Waals surface area (Å²) in [4.78, 5) is 15.0. The number of para-hydroxylation sites is 1. The van der Waals surface area contributed by atoms with Crippen LogP contribution in [0.5, 0.6) is 0 Å². The zero-order valence-corrected chi connectivity index (χ0v) is 10.3. The highest BCUT2D eigenvalue weighted by Gasteiger charge is 1.94. The first-order valence-electron chi connectivity index (χ1n) is 5.23. The molecule has 0 aliphatic heterocycles. The van der Waals surface area contributed by atoms with Gasteiger partial charge in [0.05, 0.1) is 11.3 Å². The standard InChI is InChI=1S/C14H11NOS/c1-11(16)17-8-4-5-12-9-13-6-2-3-7-14(13)15-10-12/h2-3,6-7,9-10H,8H2,1H3. The van der Waals surface area contributed by atoms with Crippen LogP contribution >= 0.6 is 11.8 Å². The number of benzene rings is 1. The average Bonchev–Trinajstić information content (AvgIpc) is 2.34. The number of aromatic nitrogens is 1. The largest absolute Gasteiger partial charge is 0.288 e. The molecule has 0 aliphatic carbocycles. The minimum Gasteiger partial charge on any atom is -0.288 e. The summed E-state index contributed by atoms with van der Waals surface area (Å²) in [5.41, 5.74) is 1.85. The van der Waals surface area contributed by atoms with Gasteiger partial charge in [0.1, 0.15) is 0 Å². The fraction of sp³-hybridized carbons (Fsp3) is 0.143. The van der Waals surface area contributed by atoms with Gasteiger partial charge in [-0.3, -0.25) is 9.78 Å². The molecule has 0 amide bonds. The molecule has 0 saturated carbocycles. The molecule has 0 fully saturated rings. The molecule has 1 aromatic heterocycles. The van der Waals surface area contributed by atoms with Gasteiger partial charge in [0, 0.05) is 24.1 Å². The third kappa shape index (κ3) is 3.33. The quantitative estimate of drug-likeness (QED) is 0.719. The maximum Gasteiger partial charge on any atom is 0.186 e. The van der Waals surface area contributed by atoms with E-state index in [9.17, 15) is 4.79 Å². The maximum atomic E-state index is 10.7. The van der Waals surface area contributed by atoms with Crippen molar-refractivity contribution in [2.75, 3.05) is 5.75 Å². The Labute approximate surface area is 104 Å². The van der Waals surface area contributed by atoms with E-state index in [0.717, 1.165) is 16.5 Å². The first-order chi connectivity index (χ1) is 8.25. The van der Waals surface area contributed by atoms with Gasteiger partial charge in [0.25, 0.3) is 0 Å². The molecule has 0 unspecified atom stereocenters. The van der Waals surface area contributed by atoms with Gasteiger partial charge in [-0.15, -0.1) is 0 Å². The molecule has 0 bridgehead atoms. The van der Waals surface area contributed by atoms with E-state index >= 15 is 0 Å². The van der Waals surface area contributed by atoms with Crippen molar-refractivity contribution in [1.29, 1.82) is 0 Å². The Kier molecular flexibility index (Phi) is 3.79. The van der Waals surface area contributed by atoms with Crippen molar-refractivity contribution < 1.29 is 4.79 Å². The highest BCUT2D eigenvalue weighted by atomic mass is 32.2. The van der Waals surface area contributed by atoms with Gasteiger partial charge in [-0.05, 0) is 12.1 Å². The van der Waals surface area contributed by atoms with Gasteiger partial charge >= 0.3 is 0 Å². The fourth-order valence-electron chi connectivity index (χ4n) is 1.42. The van der Waals surface area contributed by atoms with Crippen LogP contribution in [-0.4, -0.2) is 15.9 Å². The molecule has 0 spiro atoms. The third-order valence-electron chi connectivity index (χ3n) is 2.17. The van der Waals surface area contributed by atoms with E-state index < -0.39 is 0 Å². The van der Waals surface area contributed by atoms with Gasteiger partial charge in [-0.1, -0.05) is 41.8 Å². The summed E-state index contributed by atoms with van der Waals surface area (Å²) in [5, 5.41) is 1.18. The number of fused-ring (bicyclic) bond motifs is 1. The number of rotatable bonds is 1. The summed E-state index contributed by atoms with van der Waals surface area (Å²) >= 11 is 1.22. The van der Waals surface area contributed by atoms with E-state index in [1.807, 2.05) is 30.3 Å². The second kappa shape index (κ2) is 5.51. The smallest absolute Gasteiger partial charge is 0.186 e. The van der Waals surface area contributed by atoms with Crippen LogP contribution in [0.4, 0.5) is 0 Å². The minimum atomic E-state index is 0.0935. The van der Waals surface area contributed by atoms with Crippen LogP contribution in [0.3, 0.4) is 0 Å². The topological polar surface area (TPSA) is 30.0 Å². The summed E-state index contributed by atoms with van der Waals surface area (Å²) in [7, 11) is 0. The molecular formula is C14H11NOS. The molecule has 84 valence electrons. The van der Waals surface area contributed by atoms with E-state index in [2.05, 4.69) is 16.8 Å². The first kappa shape index (κ1) is 11.7. The third-order valence-corrected chi connectivity index (χ3v) is 2.87. The summed E-state index contributed by atoms with van der Waals surface area (Å²) in [6.45, 7) is 1.55. The van der Waals surface area contributed by atoms with E-state index in [1.165, 1.54) is 11.8 Å². The predicted octanol–water partition coefficient (Wildman–Crippen LogP) is 2.87. The van der Waals surface area contributed by atoms with Crippen molar-refractivity contribution in [1.82, 2.24) is 4.98 Å². The Morgan fingerprint density at radius 1 is 1.41 bits per heavy atom. The molecule has 17 heavy (non-hydrogen) atoms. The van der Waals surface area contributed by atoms with Crippen LogP contribution in [0.1, 0.15) is 12.5 Å². The lowest BCUT2D eigenvalue weighted by molar-refractivity contribution is -0.109. The van der Waals surface area contributed by atoms with E-state index in [1.54, 1.807) is 13.1 Å². The molecule has 2 rings (SSSR count). The van der Waals surface area contributed by atoms with Crippen molar-refractivity contribution in [2.45, 2.75) is 6.92 Å². The van der Waals surface area contributed by atoms with Gasteiger partial charge < -0.3 is 0 Å². The minimum absolute atomic E-state index is 0.0935. The van der Waals surface area contributed by atoms with E-state index in [4.69, 9.17) is 0 Å². The summed E-state index contributed by atoms with van der Waals surface area (Å²) < 4.78 is 0. The Balaban J connectivity index is 2.16. The number of carbonyl (C=O) groups excluding carboxylic acids is 1. The van der Waals surface area contributed by atoms with Crippen LogP contribution in [0, 0.1) is 11.8 Å². The molecule has 0 saturated heterocycles. The molecule has 2 nitrogen and oxygen atoms in total. The molecule has 1 heterocycles. The van der Waals surface area contributed by atoms with E-state index in [-0.39, 0.29) is 5.12 Å². The first-order valence-corrected chi connectivity index (χ1v) is 6.21. The zero-order chi connectivity index (χ0) is 12.1. The van der Waals surface area contributed by atoms with Crippen molar-refractivity contribution in [3.63, 3.8) is 0 Å². The van der Waals surface area contributed by atoms with Gasteiger partial charge in [0.2, 0.25) is 0 Å². The Bertz CT molecular complexity index is 610. The highest BCUT2D eigenvalue weighted by Crippen LogP contribution is 2.11. The molecule has 0 atom stereocenters. The molecular weight excluding hydrogens is 230 g/mol. The number of thioether (sulfide) groups is 1. The second-order valence-electron chi connectivity index (χ2n) is 3.50. The van der Waals surface area contributed by atoms with Gasteiger partial charge in [-0.25, -0.2) is 0 Å². The average molecular weight is 241 g/mol. The number of hydrogen-bond acceptors (Lipinski definition) is 3. The van der Waals surface area contributed by atoms with Gasteiger partial charge in [-0.2, -0.15) is 0 Å². The summed E-state index contributed by atoms with van der Waals surface area (Å²) in [5.74, 6) is 6.49. The maximum absolute atomic E-state index is 10.7. The van der Waals surface area contributed by atoms with Crippen molar-refractivity contribution in [3.8, 4) is 11.8 Å². The molecule has 0 N–H and O–H groups in total. The van der Waals surface area contributed by atoms with Crippen LogP contribution < -0.4 is 0 Å². The lowest BCUT2D eigenvalue weighted by Crippen LogP contribution is -1.84. The molecule has 0 radical (unpaired) electrons. The normalized spacial score (nSPS) is 9.71. The van der Waals surface area contributed by atoms with Gasteiger partial charge in [0.15, 0.2) is 5.12 Å². The number of pyridine rings is 1. The lowest BCUT2D eigenvalue weighted by atomic mass is 10.2. The lowest BCUT2D eigenvalue weighted by Gasteiger charge is -1.96. The zero-order valence-electron chi connectivity index (χ0n) is 9.43. The van der Waals surface area contributed by atoms with Crippen molar-refractivity contribution in [2.24, 2.45) is 0 Å². The Morgan fingerprint density at radius 2 is 2.24 bits per heavy atom. The van der Waals surface area contributed by atoms with Crippen LogP contribution in [-0.2, 0) is 4.79 Å². The summed E-state index contributed by atoms with van der Waals surface area (Å²) in [6, 6.07) is 9.93. The highest BCUT2D eigenvalue weighted by molar-refractivity contribution is 8.13. The SMILES string of the molecule is CC(=O)SCC#Cc1cnc2ccccc2c1. The number of hydrogen-bond donors (Lipinski definition) is 0. The number of nitrogens with zero attached hydrogens (tertiary/aromatic N) is 1. The molecule has 1 aromatic carbocycles. The molecule has 2 aromatic rings. The Morgan fingerprint density at radius 3 is 3.06 bits per heavy atom. The van der Waals surface area contributed by atoms with Crippen molar-refractivity contribution >= 4 is 27.8 Å².